The number of ether oxygens (including phenoxy) is 3. The first kappa shape index (κ1) is 75.2. The van der Waals surface area contributed by atoms with Gasteiger partial charge in [0.05, 0.1) is 6.42 Å². The smallest absolute Gasteiger partial charge is 0.310 e. The fourth-order valence-corrected chi connectivity index (χ4v) is 7.98. The zero-order chi connectivity index (χ0) is 58.5. The average molecular weight is 1110 g/mol. The lowest BCUT2D eigenvalue weighted by atomic mass is 10.0. The van der Waals surface area contributed by atoms with E-state index in [1.54, 1.807) is 6.08 Å². The first-order chi connectivity index (χ1) is 40.0. The number of hydrogen-bond acceptors (Lipinski definition) is 6. The maximum Gasteiger partial charge on any atom is 0.310 e. The lowest BCUT2D eigenvalue weighted by molar-refractivity contribution is -0.166. The monoisotopic (exact) mass is 1110 g/mol. The van der Waals surface area contributed by atoms with E-state index in [1.807, 2.05) is 18.2 Å². The minimum atomic E-state index is -0.872. The van der Waals surface area contributed by atoms with Crippen LogP contribution in [-0.4, -0.2) is 37.2 Å². The molecule has 6 nitrogen and oxygen atoms in total. The summed E-state index contributed by atoms with van der Waals surface area (Å²) in [6, 6.07) is 0. The van der Waals surface area contributed by atoms with Crippen molar-refractivity contribution in [3.05, 3.63) is 194 Å². The summed E-state index contributed by atoms with van der Waals surface area (Å²) in [5.74, 6) is -1.18. The fourth-order valence-electron chi connectivity index (χ4n) is 7.98. The second kappa shape index (κ2) is 66.8. The van der Waals surface area contributed by atoms with Crippen molar-refractivity contribution < 1.29 is 28.6 Å². The van der Waals surface area contributed by atoms with Crippen LogP contribution in [0.15, 0.2) is 194 Å². The van der Waals surface area contributed by atoms with Gasteiger partial charge in [-0.2, -0.15) is 0 Å². The Labute approximate surface area is 497 Å². The van der Waals surface area contributed by atoms with Crippen LogP contribution in [0.4, 0.5) is 0 Å². The van der Waals surface area contributed by atoms with Crippen molar-refractivity contribution in [2.45, 2.75) is 245 Å². The van der Waals surface area contributed by atoms with Gasteiger partial charge in [0.2, 0.25) is 0 Å². The minimum absolute atomic E-state index is 0.0735. The van der Waals surface area contributed by atoms with Crippen molar-refractivity contribution in [1.29, 1.82) is 0 Å². The van der Waals surface area contributed by atoms with Crippen LogP contribution in [0.1, 0.15) is 239 Å². The Morgan fingerprint density at radius 2 is 0.506 bits per heavy atom. The van der Waals surface area contributed by atoms with E-state index in [0.717, 1.165) is 116 Å². The van der Waals surface area contributed by atoms with Crippen LogP contribution in [0.3, 0.4) is 0 Å². The summed E-state index contributed by atoms with van der Waals surface area (Å²) < 4.78 is 16.7. The molecule has 0 aliphatic rings. The van der Waals surface area contributed by atoms with Gasteiger partial charge in [0.25, 0.3) is 0 Å². The normalized spacial score (nSPS) is 13.5. The maximum atomic E-state index is 12.8. The SMILES string of the molecule is CC/C=C\C/C=C\C/C=C\C/C=C\C/C=C\C/C=C\C/C=C\CCCCCCCCCCCCCCCC(=O)OCC(COC(=O)CC/C=C\C/C=C\C/C=C\C/C=C\CC)OC(=O)C/C=C\C/C=C\C/C=C\C/C=C\C/C=C\CC. The number of allylic oxidation sites excluding steroid dienone is 31. The molecule has 0 bridgehead atoms. The third-order valence-electron chi connectivity index (χ3n) is 12.6. The highest BCUT2D eigenvalue weighted by Gasteiger charge is 2.19. The lowest BCUT2D eigenvalue weighted by Gasteiger charge is -2.18. The number of rotatable bonds is 55. The standard InChI is InChI=1S/C75H114O6/c1-4-7-10-13-16-19-22-25-27-28-29-30-31-32-33-34-35-36-37-38-39-40-41-42-43-44-45-46-48-50-53-56-59-62-65-68-74(77)80-71-72(70-79-73(76)67-64-61-58-55-52-49-24-21-18-15-12-9-6-3)81-75(78)69-66-63-60-57-54-51-47-26-23-20-17-14-11-8-5-2/h7-12,16-21,25-27,29-30,32-33,35-36,38-39,47,49,52,54,57-58,61,63,66,72H,4-6,13-15,22-24,28,31,34,37,40-46,48,50-51,53,55-56,59-60,62,64-65,67-71H2,1-3H3/b10-7-,11-8-,12-9-,19-16-,20-17-,21-18-,27-25-,30-29-,33-32-,36-35-,39-38-,47-26-,52-49-,57-54-,61-58-,66-63-. The zero-order valence-corrected chi connectivity index (χ0v) is 51.5. The van der Waals surface area contributed by atoms with Gasteiger partial charge in [-0.25, -0.2) is 0 Å². The Balaban J connectivity index is 4.31. The Morgan fingerprint density at radius 3 is 0.827 bits per heavy atom. The van der Waals surface area contributed by atoms with Gasteiger partial charge in [0, 0.05) is 12.8 Å². The second-order valence-corrected chi connectivity index (χ2v) is 20.2. The van der Waals surface area contributed by atoms with E-state index in [2.05, 4.69) is 191 Å². The summed E-state index contributed by atoms with van der Waals surface area (Å²) in [6.07, 6.45) is 102. The molecule has 0 spiro atoms. The Bertz CT molecular complexity index is 1950. The van der Waals surface area contributed by atoms with Gasteiger partial charge < -0.3 is 14.2 Å². The van der Waals surface area contributed by atoms with Crippen molar-refractivity contribution in [1.82, 2.24) is 0 Å². The van der Waals surface area contributed by atoms with Crippen molar-refractivity contribution in [3.63, 3.8) is 0 Å². The highest BCUT2D eigenvalue weighted by molar-refractivity contribution is 5.72. The molecule has 0 saturated heterocycles. The molecule has 1 unspecified atom stereocenters. The summed E-state index contributed by atoms with van der Waals surface area (Å²) in [6.45, 7) is 6.12. The minimum Gasteiger partial charge on any atom is -0.462 e. The van der Waals surface area contributed by atoms with E-state index < -0.39 is 12.1 Å². The molecule has 81 heavy (non-hydrogen) atoms. The van der Waals surface area contributed by atoms with Crippen molar-refractivity contribution >= 4 is 17.9 Å². The molecule has 0 fully saturated rings. The Morgan fingerprint density at radius 1 is 0.259 bits per heavy atom. The molecule has 0 aliphatic carbocycles. The molecule has 0 aromatic rings. The summed E-state index contributed by atoms with van der Waals surface area (Å²) >= 11 is 0. The van der Waals surface area contributed by atoms with Gasteiger partial charge >= 0.3 is 17.9 Å². The van der Waals surface area contributed by atoms with E-state index in [1.165, 1.54) is 70.6 Å². The van der Waals surface area contributed by atoms with Gasteiger partial charge in [0.15, 0.2) is 6.10 Å². The van der Waals surface area contributed by atoms with Crippen LogP contribution in [0.5, 0.6) is 0 Å². The molecule has 0 rings (SSSR count). The predicted octanol–water partition coefficient (Wildman–Crippen LogP) is 22.2. The van der Waals surface area contributed by atoms with Crippen LogP contribution in [0, 0.1) is 0 Å². The fraction of sp³-hybridized carbons (Fsp3) is 0.533. The number of carbonyl (C=O) groups excluding carboxylic acids is 3. The largest absolute Gasteiger partial charge is 0.462 e. The molecule has 0 amide bonds. The summed E-state index contributed by atoms with van der Waals surface area (Å²) in [5, 5.41) is 0. The molecule has 450 valence electrons. The van der Waals surface area contributed by atoms with Gasteiger partial charge in [-0.3, -0.25) is 14.4 Å². The highest BCUT2D eigenvalue weighted by atomic mass is 16.6. The van der Waals surface area contributed by atoms with E-state index >= 15 is 0 Å². The molecular weight excluding hydrogens is 997 g/mol. The number of hydrogen-bond donors (Lipinski definition) is 0. The van der Waals surface area contributed by atoms with E-state index in [9.17, 15) is 14.4 Å². The summed E-state index contributed by atoms with van der Waals surface area (Å²) in [7, 11) is 0. The number of carbonyl (C=O) groups is 3. The molecule has 0 saturated carbocycles. The number of esters is 3. The topological polar surface area (TPSA) is 78.9 Å². The molecule has 0 aliphatic heterocycles. The van der Waals surface area contributed by atoms with E-state index in [0.29, 0.717) is 19.3 Å². The highest BCUT2D eigenvalue weighted by Crippen LogP contribution is 2.15. The van der Waals surface area contributed by atoms with Crippen LogP contribution >= 0.6 is 0 Å². The van der Waals surface area contributed by atoms with Gasteiger partial charge in [-0.05, 0) is 128 Å². The Hall–Kier alpha value is -5.75. The van der Waals surface area contributed by atoms with Crippen LogP contribution < -0.4 is 0 Å². The molecule has 0 aromatic carbocycles. The third kappa shape index (κ3) is 64.9. The van der Waals surface area contributed by atoms with Crippen LogP contribution in [0.2, 0.25) is 0 Å². The Kier molecular flexibility index (Phi) is 62.0. The quantitative estimate of drug-likeness (QED) is 0.0261. The van der Waals surface area contributed by atoms with Gasteiger partial charge in [-0.15, -0.1) is 0 Å². The first-order valence-electron chi connectivity index (χ1n) is 31.9. The second-order valence-electron chi connectivity index (χ2n) is 20.2. The zero-order valence-electron chi connectivity index (χ0n) is 51.5. The summed E-state index contributed by atoms with van der Waals surface area (Å²) in [4.78, 5) is 38.1. The van der Waals surface area contributed by atoms with Crippen molar-refractivity contribution in [2.24, 2.45) is 0 Å². The van der Waals surface area contributed by atoms with Crippen molar-refractivity contribution in [3.8, 4) is 0 Å². The molecule has 6 heteroatoms. The predicted molar refractivity (Wildman–Crippen MR) is 352 cm³/mol. The molecular formula is C75H114O6. The van der Waals surface area contributed by atoms with E-state index in [4.69, 9.17) is 14.2 Å². The molecule has 0 N–H and O–H groups in total. The third-order valence-corrected chi connectivity index (χ3v) is 12.6. The molecule has 0 aromatic heterocycles. The van der Waals surface area contributed by atoms with Gasteiger partial charge in [-0.1, -0.05) is 286 Å². The van der Waals surface area contributed by atoms with Crippen LogP contribution in [-0.2, 0) is 28.6 Å². The van der Waals surface area contributed by atoms with Crippen molar-refractivity contribution in [2.75, 3.05) is 13.2 Å². The first-order valence-corrected chi connectivity index (χ1v) is 31.9. The average Bonchev–Trinajstić information content (AvgIpc) is 3.46. The molecule has 1 atom stereocenters. The van der Waals surface area contributed by atoms with E-state index in [-0.39, 0.29) is 38.0 Å². The molecule has 0 radical (unpaired) electrons. The van der Waals surface area contributed by atoms with Crippen LogP contribution in [0.25, 0.3) is 0 Å². The molecule has 0 heterocycles. The number of unbranched alkanes of at least 4 members (excludes halogenated alkanes) is 13. The lowest BCUT2D eigenvalue weighted by Crippen LogP contribution is -2.30. The summed E-state index contributed by atoms with van der Waals surface area (Å²) in [5.41, 5.74) is 0. The van der Waals surface area contributed by atoms with Gasteiger partial charge in [0.1, 0.15) is 13.2 Å². The maximum absolute atomic E-state index is 12.8.